The minimum absolute atomic E-state index is 0.278. The quantitative estimate of drug-likeness (QED) is 0.653. The zero-order valence-electron chi connectivity index (χ0n) is 11.9. The molecular weight excluding hydrogens is 295 g/mol. The normalized spacial score (nSPS) is 15.2. The zero-order valence-corrected chi connectivity index (χ0v) is 12.8. The van der Waals surface area contributed by atoms with Crippen LogP contribution in [0.4, 0.5) is 10.1 Å². The second-order valence-corrected chi connectivity index (χ2v) is 6.27. The standard InChI is InChI=1S/C18H15FN2S/c19-15-8-4-5-9-16(15)20-18-21(14-10-11-14)17(12-22-18)13-6-2-1-3-7-13/h1-9,12,14H,10-11H2. The van der Waals surface area contributed by atoms with Gasteiger partial charge in [0.1, 0.15) is 11.5 Å². The van der Waals surface area contributed by atoms with Gasteiger partial charge in [-0.2, -0.15) is 0 Å². The summed E-state index contributed by atoms with van der Waals surface area (Å²) >= 11 is 1.57. The van der Waals surface area contributed by atoms with Crippen molar-refractivity contribution in [1.29, 1.82) is 0 Å². The Bertz CT molecular complexity index is 860. The predicted octanol–water partition coefficient (Wildman–Crippen LogP) is 4.92. The minimum atomic E-state index is -0.278. The molecule has 1 saturated carbocycles. The van der Waals surface area contributed by atoms with Crippen LogP contribution in [0, 0.1) is 5.82 Å². The summed E-state index contributed by atoms with van der Waals surface area (Å²) in [5.74, 6) is -0.278. The number of hydrogen-bond donors (Lipinski definition) is 0. The highest BCUT2D eigenvalue weighted by Crippen LogP contribution is 2.38. The molecule has 4 rings (SSSR count). The number of thiazole rings is 1. The fourth-order valence-corrected chi connectivity index (χ4v) is 3.53. The summed E-state index contributed by atoms with van der Waals surface area (Å²) in [5, 5.41) is 2.12. The van der Waals surface area contributed by atoms with E-state index in [9.17, 15) is 4.39 Å². The molecule has 1 fully saturated rings. The molecule has 4 heteroatoms. The molecule has 0 atom stereocenters. The second-order valence-electron chi connectivity index (χ2n) is 5.43. The lowest BCUT2D eigenvalue weighted by Crippen LogP contribution is -2.14. The number of para-hydroxylation sites is 1. The molecule has 1 aliphatic rings. The van der Waals surface area contributed by atoms with E-state index in [1.807, 2.05) is 24.3 Å². The molecule has 2 aromatic carbocycles. The Morgan fingerprint density at radius 1 is 1.00 bits per heavy atom. The first-order valence-electron chi connectivity index (χ1n) is 7.37. The molecule has 0 saturated heterocycles. The molecule has 0 spiro atoms. The largest absolute Gasteiger partial charge is 0.313 e. The first-order valence-corrected chi connectivity index (χ1v) is 8.25. The number of hydrogen-bond acceptors (Lipinski definition) is 2. The Labute approximate surface area is 132 Å². The van der Waals surface area contributed by atoms with Gasteiger partial charge in [0.2, 0.25) is 0 Å². The first-order chi connectivity index (χ1) is 10.8. The number of aromatic nitrogens is 1. The van der Waals surface area contributed by atoms with Crippen molar-refractivity contribution in [3.63, 3.8) is 0 Å². The molecule has 0 aliphatic heterocycles. The molecule has 0 bridgehead atoms. The maximum absolute atomic E-state index is 13.9. The van der Waals surface area contributed by atoms with Crippen molar-refractivity contribution in [2.24, 2.45) is 4.99 Å². The monoisotopic (exact) mass is 310 g/mol. The van der Waals surface area contributed by atoms with Crippen LogP contribution in [0.3, 0.4) is 0 Å². The lowest BCUT2D eigenvalue weighted by molar-refractivity contribution is 0.627. The van der Waals surface area contributed by atoms with Crippen molar-refractivity contribution in [2.75, 3.05) is 0 Å². The van der Waals surface area contributed by atoms with Gasteiger partial charge in [-0.15, -0.1) is 11.3 Å². The fourth-order valence-electron chi connectivity index (χ4n) is 2.55. The Morgan fingerprint density at radius 2 is 1.73 bits per heavy atom. The van der Waals surface area contributed by atoms with Gasteiger partial charge >= 0.3 is 0 Å². The van der Waals surface area contributed by atoms with Crippen LogP contribution in [0.25, 0.3) is 11.3 Å². The van der Waals surface area contributed by atoms with Crippen molar-refractivity contribution < 1.29 is 4.39 Å². The molecule has 22 heavy (non-hydrogen) atoms. The fraction of sp³-hybridized carbons (Fsp3) is 0.167. The van der Waals surface area contributed by atoms with E-state index in [1.165, 1.54) is 30.2 Å². The van der Waals surface area contributed by atoms with Crippen LogP contribution in [0.5, 0.6) is 0 Å². The van der Waals surface area contributed by atoms with Gasteiger partial charge in [0, 0.05) is 11.4 Å². The highest BCUT2D eigenvalue weighted by atomic mass is 32.1. The molecule has 110 valence electrons. The predicted molar refractivity (Wildman–Crippen MR) is 87.6 cm³/mol. The van der Waals surface area contributed by atoms with Crippen LogP contribution in [0.15, 0.2) is 65.0 Å². The molecule has 3 aromatic rings. The second kappa shape index (κ2) is 5.54. The van der Waals surface area contributed by atoms with Crippen molar-refractivity contribution >= 4 is 17.0 Å². The van der Waals surface area contributed by atoms with E-state index in [0.29, 0.717) is 11.7 Å². The summed E-state index contributed by atoms with van der Waals surface area (Å²) in [6.45, 7) is 0. The summed E-state index contributed by atoms with van der Waals surface area (Å²) < 4.78 is 16.1. The lowest BCUT2D eigenvalue weighted by atomic mass is 10.2. The Kier molecular flexibility index (Phi) is 3.39. The molecule has 1 aromatic heterocycles. The van der Waals surface area contributed by atoms with E-state index in [1.54, 1.807) is 23.5 Å². The highest BCUT2D eigenvalue weighted by Gasteiger charge is 2.27. The molecule has 0 amide bonds. The maximum atomic E-state index is 13.9. The van der Waals surface area contributed by atoms with E-state index in [4.69, 9.17) is 0 Å². The highest BCUT2D eigenvalue weighted by molar-refractivity contribution is 7.07. The van der Waals surface area contributed by atoms with E-state index < -0.39 is 0 Å². The zero-order chi connectivity index (χ0) is 14.9. The molecule has 1 heterocycles. The Hall–Kier alpha value is -2.20. The van der Waals surface area contributed by atoms with Gasteiger partial charge in [-0.25, -0.2) is 9.38 Å². The van der Waals surface area contributed by atoms with Crippen LogP contribution in [-0.2, 0) is 0 Å². The van der Waals surface area contributed by atoms with Crippen molar-refractivity contribution in [3.05, 3.63) is 70.6 Å². The number of rotatable bonds is 3. The summed E-state index contributed by atoms with van der Waals surface area (Å²) in [6, 6.07) is 17.5. The summed E-state index contributed by atoms with van der Waals surface area (Å²) in [5.41, 5.74) is 2.75. The number of halogens is 1. The Morgan fingerprint density at radius 3 is 2.45 bits per heavy atom. The van der Waals surface area contributed by atoms with Crippen LogP contribution in [0.2, 0.25) is 0 Å². The summed E-state index contributed by atoms with van der Waals surface area (Å²) in [4.78, 5) is 5.42. The lowest BCUT2D eigenvalue weighted by Gasteiger charge is -2.07. The van der Waals surface area contributed by atoms with Gasteiger partial charge in [0.15, 0.2) is 4.80 Å². The van der Waals surface area contributed by atoms with Crippen molar-refractivity contribution in [1.82, 2.24) is 4.57 Å². The van der Waals surface area contributed by atoms with Crippen molar-refractivity contribution in [2.45, 2.75) is 18.9 Å². The molecular formula is C18H15FN2S. The maximum Gasteiger partial charge on any atom is 0.190 e. The summed E-state index contributed by atoms with van der Waals surface area (Å²) in [6.07, 6.45) is 2.34. The van der Waals surface area contributed by atoms with Crippen molar-refractivity contribution in [3.8, 4) is 11.3 Å². The smallest absolute Gasteiger partial charge is 0.190 e. The minimum Gasteiger partial charge on any atom is -0.313 e. The van der Waals surface area contributed by atoms with Crippen LogP contribution in [-0.4, -0.2) is 4.57 Å². The average molecular weight is 310 g/mol. The SMILES string of the molecule is Fc1ccccc1N=c1scc(-c2ccccc2)n1C1CC1. The number of benzene rings is 2. The van der Waals surface area contributed by atoms with E-state index in [0.717, 1.165) is 4.80 Å². The van der Waals surface area contributed by atoms with E-state index in [-0.39, 0.29) is 5.82 Å². The molecule has 0 radical (unpaired) electrons. The molecule has 0 unspecified atom stereocenters. The van der Waals surface area contributed by atoms with Gasteiger partial charge in [0.25, 0.3) is 0 Å². The van der Waals surface area contributed by atoms with Gasteiger partial charge in [-0.3, -0.25) is 0 Å². The van der Waals surface area contributed by atoms with Crippen LogP contribution < -0.4 is 4.80 Å². The van der Waals surface area contributed by atoms with Gasteiger partial charge < -0.3 is 4.57 Å². The van der Waals surface area contributed by atoms with E-state index >= 15 is 0 Å². The first kappa shape index (κ1) is 13.5. The van der Waals surface area contributed by atoms with E-state index in [2.05, 4.69) is 27.1 Å². The molecule has 0 N–H and O–H groups in total. The van der Waals surface area contributed by atoms with Crippen LogP contribution in [0.1, 0.15) is 18.9 Å². The molecule has 1 aliphatic carbocycles. The Balaban J connectivity index is 1.88. The number of nitrogens with zero attached hydrogens (tertiary/aromatic N) is 2. The van der Waals surface area contributed by atoms with Gasteiger partial charge in [0.05, 0.1) is 5.69 Å². The third-order valence-electron chi connectivity index (χ3n) is 3.79. The van der Waals surface area contributed by atoms with Crippen LogP contribution >= 0.6 is 11.3 Å². The van der Waals surface area contributed by atoms with Gasteiger partial charge in [-0.05, 0) is 30.5 Å². The third kappa shape index (κ3) is 2.50. The topological polar surface area (TPSA) is 17.3 Å². The third-order valence-corrected chi connectivity index (χ3v) is 4.63. The summed E-state index contributed by atoms with van der Waals surface area (Å²) in [7, 11) is 0. The van der Waals surface area contributed by atoms with Gasteiger partial charge in [-0.1, -0.05) is 42.5 Å². The average Bonchev–Trinajstić information content (AvgIpc) is 3.31. The molecule has 2 nitrogen and oxygen atoms in total.